The molecule has 2 aromatic rings. The predicted octanol–water partition coefficient (Wildman–Crippen LogP) is 3.94. The average Bonchev–Trinajstić information content (AvgIpc) is 2.96. The van der Waals surface area contributed by atoms with Gasteiger partial charge < -0.3 is 0 Å². The standard InChI is InChI=1S/C19H22OSe/c1-3-9-17-14(6-1)8-5-11-19(17)21-13-16-12-15-7-2-4-10-18(15)20-16/h1,3,5-6,8-9,11,15-16,18H,2,4,7,10,12-13H2/t15-,16-,18+/m0/s1. The van der Waals surface area contributed by atoms with Crippen LogP contribution >= 0.6 is 0 Å². The molecule has 0 spiro atoms. The summed E-state index contributed by atoms with van der Waals surface area (Å²) >= 11 is 0.527. The maximum atomic E-state index is 6.31. The van der Waals surface area contributed by atoms with E-state index in [1.807, 2.05) is 0 Å². The second-order valence-corrected chi connectivity index (χ2v) is 8.59. The van der Waals surface area contributed by atoms with E-state index in [9.17, 15) is 0 Å². The van der Waals surface area contributed by atoms with Crippen LogP contribution in [0.1, 0.15) is 32.1 Å². The molecule has 1 saturated carbocycles. The van der Waals surface area contributed by atoms with Gasteiger partial charge in [0.05, 0.1) is 0 Å². The zero-order valence-corrected chi connectivity index (χ0v) is 14.0. The third kappa shape index (κ3) is 2.90. The van der Waals surface area contributed by atoms with Crippen molar-refractivity contribution in [2.45, 2.75) is 49.6 Å². The molecule has 2 aromatic carbocycles. The molecular weight excluding hydrogens is 323 g/mol. The molecule has 21 heavy (non-hydrogen) atoms. The molecule has 3 atom stereocenters. The Morgan fingerprint density at radius 2 is 1.86 bits per heavy atom. The number of benzene rings is 2. The molecule has 0 aromatic heterocycles. The number of ether oxygens (including phenoxy) is 1. The summed E-state index contributed by atoms with van der Waals surface area (Å²) in [4.78, 5) is 0. The fourth-order valence-electron chi connectivity index (χ4n) is 3.87. The summed E-state index contributed by atoms with van der Waals surface area (Å²) in [5.41, 5.74) is 0. The van der Waals surface area contributed by atoms with Crippen LogP contribution < -0.4 is 4.46 Å². The van der Waals surface area contributed by atoms with Crippen molar-refractivity contribution in [3.63, 3.8) is 0 Å². The summed E-state index contributed by atoms with van der Waals surface area (Å²) < 4.78 is 7.86. The van der Waals surface area contributed by atoms with Gasteiger partial charge in [-0.3, -0.25) is 0 Å². The molecule has 0 radical (unpaired) electrons. The van der Waals surface area contributed by atoms with E-state index in [1.165, 1.54) is 48.2 Å². The van der Waals surface area contributed by atoms with Crippen LogP contribution in [0.2, 0.25) is 5.32 Å². The summed E-state index contributed by atoms with van der Waals surface area (Å²) in [6.45, 7) is 0. The summed E-state index contributed by atoms with van der Waals surface area (Å²) in [5.74, 6) is 0.868. The van der Waals surface area contributed by atoms with Crippen LogP contribution in [-0.4, -0.2) is 27.2 Å². The summed E-state index contributed by atoms with van der Waals surface area (Å²) in [6, 6.07) is 15.5. The van der Waals surface area contributed by atoms with Gasteiger partial charge in [-0.25, -0.2) is 0 Å². The molecule has 1 saturated heterocycles. The third-order valence-corrected chi connectivity index (χ3v) is 7.48. The molecule has 0 bridgehead atoms. The van der Waals surface area contributed by atoms with Gasteiger partial charge in [0.15, 0.2) is 0 Å². The monoisotopic (exact) mass is 346 g/mol. The Labute approximate surface area is 133 Å². The van der Waals surface area contributed by atoms with Gasteiger partial charge >= 0.3 is 133 Å². The van der Waals surface area contributed by atoms with E-state index >= 15 is 0 Å². The van der Waals surface area contributed by atoms with Crippen LogP contribution in [0.5, 0.6) is 0 Å². The predicted molar refractivity (Wildman–Crippen MR) is 89.4 cm³/mol. The van der Waals surface area contributed by atoms with Crippen molar-refractivity contribution < 1.29 is 4.74 Å². The Balaban J connectivity index is 1.44. The number of rotatable bonds is 3. The first-order valence-corrected chi connectivity index (χ1v) is 10.2. The zero-order chi connectivity index (χ0) is 14.1. The van der Waals surface area contributed by atoms with Crippen molar-refractivity contribution in [3.05, 3.63) is 42.5 Å². The first-order valence-electron chi connectivity index (χ1n) is 8.16. The molecule has 0 unspecified atom stereocenters. The molecule has 2 aliphatic rings. The van der Waals surface area contributed by atoms with Gasteiger partial charge in [0.25, 0.3) is 0 Å². The minimum absolute atomic E-state index is 0.525. The molecule has 0 amide bonds. The Morgan fingerprint density at radius 3 is 2.81 bits per heavy atom. The Bertz CT molecular complexity index is 604. The molecule has 2 heteroatoms. The van der Waals surface area contributed by atoms with E-state index < -0.39 is 0 Å². The zero-order valence-electron chi connectivity index (χ0n) is 12.3. The van der Waals surface area contributed by atoms with Crippen molar-refractivity contribution >= 4 is 30.2 Å². The molecule has 0 N–H and O–H groups in total. The van der Waals surface area contributed by atoms with Crippen molar-refractivity contribution in [2.24, 2.45) is 5.92 Å². The van der Waals surface area contributed by atoms with Crippen LogP contribution in [0.4, 0.5) is 0 Å². The maximum absolute atomic E-state index is 6.31. The van der Waals surface area contributed by atoms with Gasteiger partial charge in [-0.2, -0.15) is 0 Å². The van der Waals surface area contributed by atoms with Gasteiger partial charge in [0, 0.05) is 0 Å². The van der Waals surface area contributed by atoms with Crippen LogP contribution in [0.25, 0.3) is 10.8 Å². The molecule has 2 fully saturated rings. The van der Waals surface area contributed by atoms with Crippen molar-refractivity contribution in [1.82, 2.24) is 0 Å². The Hall–Kier alpha value is -0.821. The van der Waals surface area contributed by atoms with E-state index in [4.69, 9.17) is 4.74 Å². The Morgan fingerprint density at radius 1 is 1.00 bits per heavy atom. The number of hydrogen-bond donors (Lipinski definition) is 0. The molecule has 1 heterocycles. The Kier molecular flexibility index (Phi) is 4.03. The number of hydrogen-bond acceptors (Lipinski definition) is 1. The van der Waals surface area contributed by atoms with Crippen LogP contribution in [0, 0.1) is 5.92 Å². The second kappa shape index (κ2) is 6.12. The van der Waals surface area contributed by atoms with E-state index in [1.54, 1.807) is 4.46 Å². The van der Waals surface area contributed by atoms with Gasteiger partial charge in [0.1, 0.15) is 0 Å². The first-order chi connectivity index (χ1) is 10.4. The molecule has 4 rings (SSSR count). The first kappa shape index (κ1) is 13.8. The topological polar surface area (TPSA) is 9.23 Å². The SMILES string of the molecule is c1ccc2c([Se]C[C@@H]3C[C@@H]4CCCC[C@H]4O3)cccc2c1. The quantitative estimate of drug-likeness (QED) is 0.766. The van der Waals surface area contributed by atoms with E-state index in [0.29, 0.717) is 27.2 Å². The van der Waals surface area contributed by atoms with Gasteiger partial charge in [0.2, 0.25) is 0 Å². The second-order valence-electron chi connectivity index (χ2n) is 6.37. The molecule has 110 valence electrons. The van der Waals surface area contributed by atoms with E-state index in [-0.39, 0.29) is 0 Å². The molecular formula is C19H22OSe. The molecule has 1 aliphatic heterocycles. The van der Waals surface area contributed by atoms with Crippen LogP contribution in [-0.2, 0) is 4.74 Å². The normalized spacial score (nSPS) is 28.7. The van der Waals surface area contributed by atoms with Gasteiger partial charge in [-0.15, -0.1) is 0 Å². The van der Waals surface area contributed by atoms with E-state index in [0.717, 1.165) is 5.92 Å². The summed E-state index contributed by atoms with van der Waals surface area (Å²) in [6.07, 6.45) is 7.94. The fourth-order valence-corrected chi connectivity index (χ4v) is 6.17. The van der Waals surface area contributed by atoms with Crippen LogP contribution in [0.15, 0.2) is 42.5 Å². The van der Waals surface area contributed by atoms with Crippen molar-refractivity contribution in [2.75, 3.05) is 0 Å². The van der Waals surface area contributed by atoms with Gasteiger partial charge in [-0.05, 0) is 0 Å². The van der Waals surface area contributed by atoms with E-state index in [2.05, 4.69) is 42.5 Å². The van der Waals surface area contributed by atoms with Gasteiger partial charge in [-0.1, -0.05) is 0 Å². The van der Waals surface area contributed by atoms with Crippen molar-refractivity contribution in [3.8, 4) is 0 Å². The minimum atomic E-state index is 0.525. The van der Waals surface area contributed by atoms with Crippen molar-refractivity contribution in [1.29, 1.82) is 0 Å². The molecule has 1 aliphatic carbocycles. The fraction of sp³-hybridized carbons (Fsp3) is 0.474. The molecule has 1 nitrogen and oxygen atoms in total. The number of fused-ring (bicyclic) bond motifs is 2. The summed E-state index contributed by atoms with van der Waals surface area (Å²) in [5, 5.41) is 4.06. The summed E-state index contributed by atoms with van der Waals surface area (Å²) in [7, 11) is 0. The van der Waals surface area contributed by atoms with Crippen LogP contribution in [0.3, 0.4) is 0 Å². The average molecular weight is 345 g/mol. The third-order valence-electron chi connectivity index (χ3n) is 4.95.